The summed E-state index contributed by atoms with van der Waals surface area (Å²) in [6.45, 7) is 13.2. The highest BCUT2D eigenvalue weighted by atomic mass is 16.5. The second kappa shape index (κ2) is 7.65. The van der Waals surface area contributed by atoms with Crippen molar-refractivity contribution in [2.24, 2.45) is 0 Å². The summed E-state index contributed by atoms with van der Waals surface area (Å²) >= 11 is 0. The standard InChI is InChI=1S/C17H28N2O/c1-4-16-5-7-17(8-6-16)20-14-13-18-9-11-19(12-10-18)15(2)3/h5-8,15H,4,9-14H2,1-3H3. The summed E-state index contributed by atoms with van der Waals surface area (Å²) in [6, 6.07) is 9.13. The third-order valence-electron chi connectivity index (χ3n) is 4.15. The fourth-order valence-corrected chi connectivity index (χ4v) is 2.62. The predicted octanol–water partition coefficient (Wildman–Crippen LogP) is 2.65. The minimum absolute atomic E-state index is 0.672. The molecule has 112 valence electrons. The van der Waals surface area contributed by atoms with E-state index in [1.807, 2.05) is 0 Å². The Bertz CT molecular complexity index is 380. The van der Waals surface area contributed by atoms with E-state index in [9.17, 15) is 0 Å². The van der Waals surface area contributed by atoms with E-state index < -0.39 is 0 Å². The van der Waals surface area contributed by atoms with Crippen molar-refractivity contribution in [1.29, 1.82) is 0 Å². The van der Waals surface area contributed by atoms with Gasteiger partial charge in [-0.3, -0.25) is 9.80 Å². The quantitative estimate of drug-likeness (QED) is 0.794. The highest BCUT2D eigenvalue weighted by molar-refractivity contribution is 5.27. The summed E-state index contributed by atoms with van der Waals surface area (Å²) in [7, 11) is 0. The first kappa shape index (κ1) is 15.3. The van der Waals surface area contributed by atoms with Crippen LogP contribution >= 0.6 is 0 Å². The molecule has 1 fully saturated rings. The number of benzene rings is 1. The van der Waals surface area contributed by atoms with Gasteiger partial charge in [0.1, 0.15) is 12.4 Å². The lowest BCUT2D eigenvalue weighted by atomic mass is 10.2. The molecule has 1 heterocycles. The topological polar surface area (TPSA) is 15.7 Å². The van der Waals surface area contributed by atoms with E-state index in [1.165, 1.54) is 18.7 Å². The average Bonchev–Trinajstić information content (AvgIpc) is 2.48. The molecule has 3 heteroatoms. The van der Waals surface area contributed by atoms with Crippen molar-refractivity contribution in [1.82, 2.24) is 9.80 Å². The van der Waals surface area contributed by atoms with Gasteiger partial charge in [-0.25, -0.2) is 0 Å². The lowest BCUT2D eigenvalue weighted by Crippen LogP contribution is -2.49. The molecule has 2 rings (SSSR count). The van der Waals surface area contributed by atoms with Crippen LogP contribution in [0.25, 0.3) is 0 Å². The molecule has 1 saturated heterocycles. The van der Waals surface area contributed by atoms with Gasteiger partial charge in [-0.05, 0) is 38.0 Å². The van der Waals surface area contributed by atoms with Gasteiger partial charge in [-0.1, -0.05) is 19.1 Å². The molecule has 0 spiro atoms. The van der Waals surface area contributed by atoms with Crippen LogP contribution in [0, 0.1) is 0 Å². The van der Waals surface area contributed by atoms with Gasteiger partial charge in [-0.2, -0.15) is 0 Å². The Balaban J connectivity index is 1.66. The van der Waals surface area contributed by atoms with E-state index in [-0.39, 0.29) is 0 Å². The molecule has 20 heavy (non-hydrogen) atoms. The number of hydrogen-bond donors (Lipinski definition) is 0. The van der Waals surface area contributed by atoms with Gasteiger partial charge in [0.25, 0.3) is 0 Å². The van der Waals surface area contributed by atoms with Crippen LogP contribution in [0.2, 0.25) is 0 Å². The minimum Gasteiger partial charge on any atom is -0.492 e. The number of piperazine rings is 1. The molecule has 3 nitrogen and oxygen atoms in total. The molecule has 0 N–H and O–H groups in total. The second-order valence-corrected chi connectivity index (χ2v) is 5.82. The molecular weight excluding hydrogens is 248 g/mol. The number of hydrogen-bond acceptors (Lipinski definition) is 3. The molecule has 0 unspecified atom stereocenters. The molecule has 1 aliphatic rings. The molecule has 0 amide bonds. The van der Waals surface area contributed by atoms with Crippen LogP contribution in [-0.4, -0.2) is 55.2 Å². The molecule has 0 atom stereocenters. The molecule has 1 aliphatic heterocycles. The Morgan fingerprint density at radius 1 is 1.05 bits per heavy atom. The van der Waals surface area contributed by atoms with Gasteiger partial charge in [0.2, 0.25) is 0 Å². The predicted molar refractivity (Wildman–Crippen MR) is 84.5 cm³/mol. The maximum atomic E-state index is 5.83. The molecule has 1 aromatic rings. The Kier molecular flexibility index (Phi) is 5.86. The Labute approximate surface area is 123 Å². The summed E-state index contributed by atoms with van der Waals surface area (Å²) in [5.74, 6) is 0.989. The summed E-state index contributed by atoms with van der Waals surface area (Å²) in [6.07, 6.45) is 1.08. The zero-order valence-corrected chi connectivity index (χ0v) is 13.1. The van der Waals surface area contributed by atoms with Gasteiger partial charge in [0.15, 0.2) is 0 Å². The Morgan fingerprint density at radius 3 is 2.25 bits per heavy atom. The third-order valence-corrected chi connectivity index (χ3v) is 4.15. The van der Waals surface area contributed by atoms with Gasteiger partial charge >= 0.3 is 0 Å². The second-order valence-electron chi connectivity index (χ2n) is 5.82. The van der Waals surface area contributed by atoms with Crippen molar-refractivity contribution in [3.05, 3.63) is 29.8 Å². The SMILES string of the molecule is CCc1ccc(OCCN2CCN(C(C)C)CC2)cc1. The minimum atomic E-state index is 0.672. The first-order valence-corrected chi connectivity index (χ1v) is 7.87. The van der Waals surface area contributed by atoms with Crippen LogP contribution in [0.5, 0.6) is 5.75 Å². The summed E-state index contributed by atoms with van der Waals surface area (Å²) < 4.78 is 5.83. The van der Waals surface area contributed by atoms with Gasteiger partial charge in [-0.15, -0.1) is 0 Å². The van der Waals surface area contributed by atoms with Crippen molar-refractivity contribution >= 4 is 0 Å². The zero-order valence-electron chi connectivity index (χ0n) is 13.1. The normalized spacial score (nSPS) is 17.6. The molecule has 1 aromatic carbocycles. The van der Waals surface area contributed by atoms with Crippen molar-refractivity contribution in [3.8, 4) is 5.75 Å². The Morgan fingerprint density at radius 2 is 1.70 bits per heavy atom. The maximum Gasteiger partial charge on any atom is 0.119 e. The first-order valence-electron chi connectivity index (χ1n) is 7.87. The summed E-state index contributed by atoms with van der Waals surface area (Å²) in [5.41, 5.74) is 1.36. The van der Waals surface area contributed by atoms with Gasteiger partial charge in [0.05, 0.1) is 0 Å². The average molecular weight is 276 g/mol. The fraction of sp³-hybridized carbons (Fsp3) is 0.647. The molecule has 0 aromatic heterocycles. The van der Waals surface area contributed by atoms with E-state index >= 15 is 0 Å². The highest BCUT2D eigenvalue weighted by Gasteiger charge is 2.18. The number of aryl methyl sites for hydroxylation is 1. The highest BCUT2D eigenvalue weighted by Crippen LogP contribution is 2.12. The molecule has 0 aliphatic carbocycles. The smallest absolute Gasteiger partial charge is 0.119 e. The Hall–Kier alpha value is -1.06. The van der Waals surface area contributed by atoms with Crippen molar-refractivity contribution < 1.29 is 4.74 Å². The number of rotatable bonds is 6. The monoisotopic (exact) mass is 276 g/mol. The van der Waals surface area contributed by atoms with E-state index in [0.717, 1.165) is 38.4 Å². The maximum absolute atomic E-state index is 5.83. The van der Waals surface area contributed by atoms with Crippen LogP contribution in [0.1, 0.15) is 26.3 Å². The van der Waals surface area contributed by atoms with Gasteiger partial charge in [0, 0.05) is 38.8 Å². The van der Waals surface area contributed by atoms with E-state index in [0.29, 0.717) is 6.04 Å². The number of nitrogens with zero attached hydrogens (tertiary/aromatic N) is 2. The van der Waals surface area contributed by atoms with Crippen LogP contribution in [-0.2, 0) is 6.42 Å². The van der Waals surface area contributed by atoms with E-state index in [4.69, 9.17) is 4.74 Å². The van der Waals surface area contributed by atoms with Crippen LogP contribution in [0.3, 0.4) is 0 Å². The van der Waals surface area contributed by atoms with Crippen molar-refractivity contribution in [3.63, 3.8) is 0 Å². The summed E-state index contributed by atoms with van der Waals surface area (Å²) in [5, 5.41) is 0. The van der Waals surface area contributed by atoms with Crippen LogP contribution in [0.4, 0.5) is 0 Å². The largest absolute Gasteiger partial charge is 0.492 e. The van der Waals surface area contributed by atoms with E-state index in [1.54, 1.807) is 0 Å². The fourth-order valence-electron chi connectivity index (χ4n) is 2.62. The lowest BCUT2D eigenvalue weighted by Gasteiger charge is -2.36. The van der Waals surface area contributed by atoms with E-state index in [2.05, 4.69) is 54.8 Å². The van der Waals surface area contributed by atoms with Crippen molar-refractivity contribution in [2.45, 2.75) is 33.2 Å². The first-order chi connectivity index (χ1) is 9.69. The third kappa shape index (κ3) is 4.50. The zero-order chi connectivity index (χ0) is 14.4. The molecule has 0 saturated carbocycles. The number of ether oxygens (including phenoxy) is 1. The molecular formula is C17H28N2O. The molecule has 0 radical (unpaired) electrons. The van der Waals surface area contributed by atoms with Crippen molar-refractivity contribution in [2.75, 3.05) is 39.3 Å². The summed E-state index contributed by atoms with van der Waals surface area (Å²) in [4.78, 5) is 5.04. The van der Waals surface area contributed by atoms with Gasteiger partial charge < -0.3 is 4.74 Å². The van der Waals surface area contributed by atoms with Crippen LogP contribution < -0.4 is 4.74 Å². The molecule has 0 bridgehead atoms. The van der Waals surface area contributed by atoms with Crippen LogP contribution in [0.15, 0.2) is 24.3 Å². The lowest BCUT2D eigenvalue weighted by molar-refractivity contribution is 0.0971.